The van der Waals surface area contributed by atoms with Crippen LogP contribution in [0.4, 0.5) is 0 Å². The van der Waals surface area contributed by atoms with Crippen LogP contribution in [0.25, 0.3) is 0 Å². The molecule has 1 aliphatic rings. The fourth-order valence-electron chi connectivity index (χ4n) is 6.65. The van der Waals surface area contributed by atoms with E-state index >= 15 is 0 Å². The lowest BCUT2D eigenvalue weighted by molar-refractivity contribution is -0.220. The highest BCUT2D eigenvalue weighted by atomic mass is 31.2. The highest BCUT2D eigenvalue weighted by molar-refractivity contribution is 7.47. The number of ether oxygens (including phenoxy) is 2. The Morgan fingerprint density at radius 1 is 0.478 bits per heavy atom. The Bertz CT molecular complexity index is 1580. The van der Waals surface area contributed by atoms with Crippen LogP contribution >= 0.6 is 7.82 Å². The van der Waals surface area contributed by atoms with Crippen LogP contribution in [-0.4, -0.2) is 98.3 Å². The molecule has 0 heterocycles. The lowest BCUT2D eigenvalue weighted by Crippen LogP contribution is -2.64. The fourth-order valence-corrected chi connectivity index (χ4v) is 7.62. The van der Waals surface area contributed by atoms with E-state index in [1.807, 2.05) is 0 Å². The number of phosphoric ester groups is 1. The molecule has 380 valence electrons. The zero-order valence-electron chi connectivity index (χ0n) is 40.4. The summed E-state index contributed by atoms with van der Waals surface area (Å²) >= 11 is 0. The largest absolute Gasteiger partial charge is 0.472 e. The van der Waals surface area contributed by atoms with Crippen molar-refractivity contribution < 1.29 is 63.1 Å². The first kappa shape index (κ1) is 61.5. The van der Waals surface area contributed by atoms with Crippen LogP contribution in [0.15, 0.2) is 109 Å². The fraction of sp³-hybridized carbons (Fsp3) is 0.623. The molecule has 1 rings (SSSR count). The summed E-state index contributed by atoms with van der Waals surface area (Å²) in [6, 6.07) is 0. The normalized spacial score (nSPS) is 22.1. The number of unbranched alkanes of at least 4 members (excludes halogenated alkanes) is 9. The van der Waals surface area contributed by atoms with Gasteiger partial charge >= 0.3 is 19.8 Å². The SMILES string of the molecule is CC/C=C/C/C=C/C/C=C/C/C=C/C/C=C/CCCCCC(=O)O[C@@H](COC(=O)CCCCC/C=C/C/C=C/C/C=C/C/C=C/CCCCC)COP(=O)(O)OC1C(O)C(O)C(O)[C@H](O)C1O. The minimum Gasteiger partial charge on any atom is -0.462 e. The molecule has 0 aliphatic heterocycles. The molecular formula is C53H85O13P. The van der Waals surface area contributed by atoms with Crippen LogP contribution in [0.1, 0.15) is 155 Å². The van der Waals surface area contributed by atoms with Gasteiger partial charge in [0.1, 0.15) is 43.2 Å². The van der Waals surface area contributed by atoms with E-state index in [4.69, 9.17) is 18.5 Å². The van der Waals surface area contributed by atoms with Crippen molar-refractivity contribution in [2.75, 3.05) is 13.2 Å². The van der Waals surface area contributed by atoms with Crippen LogP contribution in [-0.2, 0) is 32.7 Å². The molecule has 0 aromatic carbocycles. The first-order valence-corrected chi connectivity index (χ1v) is 26.2. The highest BCUT2D eigenvalue weighted by Crippen LogP contribution is 2.47. The summed E-state index contributed by atoms with van der Waals surface area (Å²) < 4.78 is 33.5. The Hall–Kier alpha value is -3.49. The molecule has 67 heavy (non-hydrogen) atoms. The molecule has 1 fully saturated rings. The lowest BCUT2D eigenvalue weighted by atomic mass is 9.85. The van der Waals surface area contributed by atoms with E-state index in [0.29, 0.717) is 12.8 Å². The van der Waals surface area contributed by atoms with Crippen molar-refractivity contribution in [2.45, 2.75) is 198 Å². The molecule has 6 N–H and O–H groups in total. The molecule has 6 unspecified atom stereocenters. The molecule has 13 nitrogen and oxygen atoms in total. The summed E-state index contributed by atoms with van der Waals surface area (Å²) in [5.74, 6) is -1.18. The van der Waals surface area contributed by atoms with E-state index in [-0.39, 0.29) is 12.8 Å². The number of hydrogen-bond acceptors (Lipinski definition) is 12. The quantitative estimate of drug-likeness (QED) is 0.0147. The monoisotopic (exact) mass is 961 g/mol. The number of rotatable bonds is 39. The van der Waals surface area contributed by atoms with Crippen molar-refractivity contribution in [3.05, 3.63) is 109 Å². The van der Waals surface area contributed by atoms with Crippen LogP contribution in [0.5, 0.6) is 0 Å². The summed E-state index contributed by atoms with van der Waals surface area (Å²) in [5.41, 5.74) is 0. The maximum Gasteiger partial charge on any atom is 0.472 e. The summed E-state index contributed by atoms with van der Waals surface area (Å²) in [6.45, 7) is 3.10. The number of aliphatic hydroxyl groups excluding tert-OH is 5. The van der Waals surface area contributed by atoms with Gasteiger partial charge in [-0.05, 0) is 103 Å². The van der Waals surface area contributed by atoms with Gasteiger partial charge in [0.05, 0.1) is 6.61 Å². The number of carbonyl (C=O) groups is 2. The zero-order chi connectivity index (χ0) is 49.2. The van der Waals surface area contributed by atoms with Crippen molar-refractivity contribution in [3.63, 3.8) is 0 Å². The Morgan fingerprint density at radius 3 is 1.27 bits per heavy atom. The average molecular weight is 961 g/mol. The van der Waals surface area contributed by atoms with Crippen LogP contribution in [0, 0.1) is 0 Å². The highest BCUT2D eigenvalue weighted by Gasteiger charge is 2.51. The maximum atomic E-state index is 12.8. The molecule has 0 spiro atoms. The van der Waals surface area contributed by atoms with E-state index in [9.17, 15) is 44.6 Å². The van der Waals surface area contributed by atoms with Crippen LogP contribution in [0.2, 0.25) is 0 Å². The molecule has 0 aromatic heterocycles. The van der Waals surface area contributed by atoms with Crippen molar-refractivity contribution in [1.82, 2.24) is 0 Å². The molecule has 14 heteroatoms. The zero-order valence-corrected chi connectivity index (χ0v) is 41.3. The Balaban J connectivity index is 2.50. The molecule has 1 saturated carbocycles. The predicted molar refractivity (Wildman–Crippen MR) is 267 cm³/mol. The van der Waals surface area contributed by atoms with Gasteiger partial charge in [0, 0.05) is 12.8 Å². The minimum absolute atomic E-state index is 0.0431. The number of esters is 2. The summed E-state index contributed by atoms with van der Waals surface area (Å²) in [7, 11) is -5.15. The van der Waals surface area contributed by atoms with Crippen LogP contribution < -0.4 is 0 Å². The van der Waals surface area contributed by atoms with Crippen molar-refractivity contribution >= 4 is 19.8 Å². The maximum absolute atomic E-state index is 12.8. The second-order valence-corrected chi connectivity index (χ2v) is 18.0. The van der Waals surface area contributed by atoms with Gasteiger partial charge in [0.15, 0.2) is 6.10 Å². The Labute approximate surface area is 402 Å². The van der Waals surface area contributed by atoms with E-state index in [1.54, 1.807) is 0 Å². The Kier molecular flexibility index (Phi) is 38.1. The molecule has 8 atom stereocenters. The summed E-state index contributed by atoms with van der Waals surface area (Å²) in [4.78, 5) is 35.8. The van der Waals surface area contributed by atoms with Gasteiger partial charge in [0.25, 0.3) is 0 Å². The summed E-state index contributed by atoms with van der Waals surface area (Å²) in [6.07, 6.45) is 44.1. The second-order valence-electron chi connectivity index (χ2n) is 16.6. The number of allylic oxidation sites excluding steroid dienone is 18. The number of carbonyl (C=O) groups excluding carboxylic acids is 2. The van der Waals surface area contributed by atoms with E-state index in [1.165, 1.54) is 19.3 Å². The molecule has 0 bridgehead atoms. The molecule has 0 radical (unpaired) electrons. The van der Waals surface area contributed by atoms with E-state index in [2.05, 4.69) is 123 Å². The van der Waals surface area contributed by atoms with Crippen molar-refractivity contribution in [3.8, 4) is 0 Å². The van der Waals surface area contributed by atoms with Gasteiger partial charge in [-0.3, -0.25) is 18.6 Å². The first-order chi connectivity index (χ1) is 32.4. The average Bonchev–Trinajstić information content (AvgIpc) is 3.31. The van der Waals surface area contributed by atoms with Crippen molar-refractivity contribution in [1.29, 1.82) is 0 Å². The molecule has 0 aromatic rings. The van der Waals surface area contributed by atoms with Gasteiger partial charge in [-0.15, -0.1) is 0 Å². The third-order valence-electron chi connectivity index (χ3n) is 10.6. The Morgan fingerprint density at radius 2 is 0.851 bits per heavy atom. The number of aliphatic hydroxyl groups is 5. The van der Waals surface area contributed by atoms with E-state index in [0.717, 1.165) is 96.3 Å². The second kappa shape index (κ2) is 41.5. The minimum atomic E-state index is -5.15. The van der Waals surface area contributed by atoms with E-state index < -0.39 is 75.7 Å². The van der Waals surface area contributed by atoms with Crippen molar-refractivity contribution in [2.24, 2.45) is 0 Å². The number of phosphoric acid groups is 1. The molecular weight excluding hydrogens is 876 g/mol. The van der Waals surface area contributed by atoms with Crippen LogP contribution in [0.3, 0.4) is 0 Å². The van der Waals surface area contributed by atoms with Gasteiger partial charge in [0.2, 0.25) is 0 Å². The first-order valence-electron chi connectivity index (χ1n) is 24.7. The third-order valence-corrected chi connectivity index (χ3v) is 11.6. The topological polar surface area (TPSA) is 210 Å². The number of hydrogen-bond donors (Lipinski definition) is 6. The standard InChI is InChI=1S/C53H85O13P/c1-3-5-7-9-11-13-15-17-19-21-23-25-27-29-31-33-35-37-39-41-46(54)63-43-45(44-64-67(61,62)66-53-51(59)49(57)48(56)50(58)52(53)60)65-47(55)42-40-38-36-34-32-30-28-26-24-22-20-18-16-14-12-10-8-6-4-2/h6,8,11-14,17-20,23-26,29-32,45,48-53,56-60H,3-5,7,9-10,15-16,21-22,27-28,33-44H2,1-2H3,(H,61,62)/b8-6+,13-11+,14-12+,19-17+,20-18+,25-23+,26-24+,31-29+,32-30+/t45-,48?,49-,50?,51?,52?,53?/m0/s1. The van der Waals surface area contributed by atoms with Gasteiger partial charge in [-0.1, -0.05) is 149 Å². The van der Waals surface area contributed by atoms with Gasteiger partial charge in [-0.25, -0.2) is 4.57 Å². The third kappa shape index (κ3) is 33.6. The van der Waals surface area contributed by atoms with Gasteiger partial charge < -0.3 is 39.9 Å². The predicted octanol–water partition coefficient (Wildman–Crippen LogP) is 10.4. The lowest BCUT2D eigenvalue weighted by Gasteiger charge is -2.41. The molecule has 0 amide bonds. The summed E-state index contributed by atoms with van der Waals surface area (Å²) in [5, 5.41) is 50.2. The smallest absolute Gasteiger partial charge is 0.462 e. The molecule has 0 saturated heterocycles. The molecule has 1 aliphatic carbocycles. The van der Waals surface area contributed by atoms with Gasteiger partial charge in [-0.2, -0.15) is 0 Å².